The van der Waals surface area contributed by atoms with Crippen LogP contribution in [0.1, 0.15) is 27.7 Å². The summed E-state index contributed by atoms with van der Waals surface area (Å²) in [7, 11) is 0. The Balaban J connectivity index is -0.000000114. The summed E-state index contributed by atoms with van der Waals surface area (Å²) in [5.41, 5.74) is 0. The van der Waals surface area contributed by atoms with Crippen molar-refractivity contribution in [1.29, 1.82) is 0 Å². The van der Waals surface area contributed by atoms with Crippen molar-refractivity contribution in [1.82, 2.24) is 0 Å². The summed E-state index contributed by atoms with van der Waals surface area (Å²) >= 11 is 0. The third-order valence-corrected chi connectivity index (χ3v) is 0.607. The number of benzene rings is 1. The van der Waals surface area contributed by atoms with Gasteiger partial charge >= 0.3 is 0 Å². The first-order valence-corrected chi connectivity index (χ1v) is 3.91. The molecule has 0 saturated carbocycles. The molecule has 0 N–H and O–H groups in total. The van der Waals surface area contributed by atoms with Gasteiger partial charge in [-0.2, -0.15) is 36.4 Å². The van der Waals surface area contributed by atoms with E-state index >= 15 is 0 Å². The van der Waals surface area contributed by atoms with Gasteiger partial charge in [0.15, 0.2) is 0 Å². The maximum Gasteiger partial charge on any atom is 0 e. The summed E-state index contributed by atoms with van der Waals surface area (Å²) in [5.74, 6) is 0. The van der Waals surface area contributed by atoms with Crippen LogP contribution in [-0.2, 0) is 18.6 Å². The molecule has 0 saturated heterocycles. The summed E-state index contributed by atoms with van der Waals surface area (Å²) in [6, 6.07) is 12.5. The zero-order chi connectivity index (χ0) is 8.24. The van der Waals surface area contributed by atoms with Crippen LogP contribution in [0.4, 0.5) is 0 Å². The first-order valence-electron chi connectivity index (χ1n) is 3.91. The smallest absolute Gasteiger partial charge is 0 e. The normalized spacial score (nSPS) is 5.45. The molecule has 0 atom stereocenters. The summed E-state index contributed by atoms with van der Waals surface area (Å²) < 4.78 is 0. The van der Waals surface area contributed by atoms with E-state index in [4.69, 9.17) is 0 Å². The zero-order valence-electron chi connectivity index (χ0n) is 7.83. The van der Waals surface area contributed by atoms with Gasteiger partial charge in [0.1, 0.15) is 0 Å². The van der Waals surface area contributed by atoms with Crippen LogP contribution in [0, 0.1) is 6.07 Å². The summed E-state index contributed by atoms with van der Waals surface area (Å²) in [6.45, 7) is 8.00. The molecule has 0 amide bonds. The van der Waals surface area contributed by atoms with E-state index in [0.29, 0.717) is 0 Å². The fourth-order valence-electron chi connectivity index (χ4n) is 0.342. The van der Waals surface area contributed by atoms with E-state index in [9.17, 15) is 0 Å². The van der Waals surface area contributed by atoms with Gasteiger partial charge in [-0.1, -0.05) is 27.7 Å². The molecule has 0 aliphatic rings. The maximum absolute atomic E-state index is 2.89. The third-order valence-electron chi connectivity index (χ3n) is 0.607. The summed E-state index contributed by atoms with van der Waals surface area (Å²) in [5, 5.41) is 0. The van der Waals surface area contributed by atoms with E-state index in [1.807, 2.05) is 58.0 Å². The molecule has 1 radical (unpaired) electrons. The third kappa shape index (κ3) is 17.7. The minimum absolute atomic E-state index is 0. The zero-order valence-corrected chi connectivity index (χ0v) is 9.23. The average molecular weight is 188 g/mol. The Labute approximate surface area is 82.9 Å². The molecule has 0 aliphatic heterocycles. The predicted octanol–water partition coefficient (Wildman–Crippen LogP) is 3.54. The molecule has 11 heavy (non-hydrogen) atoms. The molecule has 0 spiro atoms. The van der Waals surface area contributed by atoms with Crippen LogP contribution in [0.3, 0.4) is 0 Å². The molecule has 0 bridgehead atoms. The Morgan fingerprint density at radius 2 is 1.09 bits per heavy atom. The van der Waals surface area contributed by atoms with Gasteiger partial charge in [-0.25, -0.2) is 0 Å². The topological polar surface area (TPSA) is 0 Å². The van der Waals surface area contributed by atoms with Crippen molar-refractivity contribution in [2.45, 2.75) is 27.7 Å². The fraction of sp³-hybridized carbons (Fsp3) is 0.400. The second-order valence-corrected chi connectivity index (χ2v) is 1.08. The standard InChI is InChI=1S/C6H5.2C2H6.V/c1-2-4-6-5-3-1;2*1-2;/h1-5H;2*1-2H3;/q-1;;;. The van der Waals surface area contributed by atoms with Crippen LogP contribution in [-0.4, -0.2) is 0 Å². The summed E-state index contributed by atoms with van der Waals surface area (Å²) in [4.78, 5) is 0. The molecule has 0 aromatic heterocycles. The van der Waals surface area contributed by atoms with Gasteiger partial charge in [0, 0.05) is 18.6 Å². The maximum atomic E-state index is 2.89. The Hall–Kier alpha value is -0.196. The Bertz CT molecular complexity index is 76.8. The summed E-state index contributed by atoms with van der Waals surface area (Å²) in [6.07, 6.45) is 0. The molecule has 1 aromatic rings. The molecule has 0 unspecified atom stereocenters. The quantitative estimate of drug-likeness (QED) is 0.546. The molecule has 1 aromatic carbocycles. The number of hydrogen-bond donors (Lipinski definition) is 0. The van der Waals surface area contributed by atoms with Crippen LogP contribution in [0.15, 0.2) is 30.3 Å². The van der Waals surface area contributed by atoms with Gasteiger partial charge in [-0.05, 0) is 0 Å². The number of hydrogen-bond acceptors (Lipinski definition) is 0. The van der Waals surface area contributed by atoms with Gasteiger partial charge in [0.2, 0.25) is 0 Å². The Kier molecular flexibility index (Phi) is 35.0. The van der Waals surface area contributed by atoms with Crippen molar-refractivity contribution < 1.29 is 18.6 Å². The van der Waals surface area contributed by atoms with Gasteiger partial charge in [0.25, 0.3) is 0 Å². The first kappa shape index (κ1) is 17.1. The molecule has 0 nitrogen and oxygen atoms in total. The minimum atomic E-state index is 0. The molecule has 0 aliphatic carbocycles. The second-order valence-electron chi connectivity index (χ2n) is 1.08. The first-order chi connectivity index (χ1) is 5.00. The minimum Gasteiger partial charge on any atom is -0.184 e. The monoisotopic (exact) mass is 188 g/mol. The largest absolute Gasteiger partial charge is 0.184 e. The number of rotatable bonds is 0. The van der Waals surface area contributed by atoms with Crippen LogP contribution in [0.25, 0.3) is 0 Å². The Morgan fingerprint density at radius 3 is 1.18 bits per heavy atom. The van der Waals surface area contributed by atoms with E-state index in [1.54, 1.807) is 0 Å². The van der Waals surface area contributed by atoms with Crippen molar-refractivity contribution in [3.63, 3.8) is 0 Å². The van der Waals surface area contributed by atoms with Crippen LogP contribution in [0.2, 0.25) is 0 Å². The molecule has 0 fully saturated rings. The SMILES string of the molecule is CC.CC.[V].[c-]1ccccc1. The van der Waals surface area contributed by atoms with Crippen molar-refractivity contribution >= 4 is 0 Å². The van der Waals surface area contributed by atoms with Gasteiger partial charge < -0.3 is 0 Å². The van der Waals surface area contributed by atoms with Gasteiger partial charge in [-0.3, -0.25) is 0 Å². The average Bonchev–Trinajstić information content (AvgIpc) is 2.14. The molecular weight excluding hydrogens is 171 g/mol. The Morgan fingerprint density at radius 1 is 0.727 bits per heavy atom. The van der Waals surface area contributed by atoms with Crippen molar-refractivity contribution in [3.8, 4) is 0 Å². The van der Waals surface area contributed by atoms with Crippen LogP contribution in [0.5, 0.6) is 0 Å². The van der Waals surface area contributed by atoms with Crippen molar-refractivity contribution in [2.24, 2.45) is 0 Å². The van der Waals surface area contributed by atoms with Gasteiger partial charge in [0.05, 0.1) is 0 Å². The van der Waals surface area contributed by atoms with Crippen LogP contribution >= 0.6 is 0 Å². The van der Waals surface area contributed by atoms with E-state index in [-0.39, 0.29) is 18.6 Å². The van der Waals surface area contributed by atoms with Crippen molar-refractivity contribution in [3.05, 3.63) is 36.4 Å². The fourth-order valence-corrected chi connectivity index (χ4v) is 0.342. The second kappa shape index (κ2) is 22.6. The van der Waals surface area contributed by atoms with E-state index in [1.165, 1.54) is 0 Å². The van der Waals surface area contributed by atoms with Crippen molar-refractivity contribution in [2.75, 3.05) is 0 Å². The predicted molar refractivity (Wildman–Crippen MR) is 48.0 cm³/mol. The molecular formula is C10H17V-. The molecule has 63 valence electrons. The molecule has 1 heteroatoms. The van der Waals surface area contributed by atoms with E-state index in [2.05, 4.69) is 6.07 Å². The van der Waals surface area contributed by atoms with Crippen LogP contribution < -0.4 is 0 Å². The molecule has 1 rings (SSSR count). The van der Waals surface area contributed by atoms with E-state index < -0.39 is 0 Å². The van der Waals surface area contributed by atoms with E-state index in [0.717, 1.165) is 0 Å². The van der Waals surface area contributed by atoms with Gasteiger partial charge in [-0.15, -0.1) is 0 Å². The molecule has 0 heterocycles.